The Hall–Kier alpha value is -0.300. The molecule has 0 aromatic rings. The second-order valence-corrected chi connectivity index (χ2v) is 8.27. The van der Waals surface area contributed by atoms with Crippen LogP contribution in [0.3, 0.4) is 0 Å². The van der Waals surface area contributed by atoms with Crippen LogP contribution in [0.4, 0.5) is 0 Å². The van der Waals surface area contributed by atoms with E-state index in [0.29, 0.717) is 6.04 Å². The molecule has 0 amide bonds. The third-order valence-corrected chi connectivity index (χ3v) is 6.97. The maximum atomic E-state index is 6.83. The highest BCUT2D eigenvalue weighted by Crippen LogP contribution is 2.57. The van der Waals surface area contributed by atoms with Crippen LogP contribution in [0, 0.1) is 29.6 Å². The van der Waals surface area contributed by atoms with Crippen molar-refractivity contribution in [1.29, 1.82) is 0 Å². The molecule has 0 radical (unpaired) electrons. The number of allylic oxidation sites excluding steroid dienone is 1. The minimum absolute atomic E-state index is 0.406. The van der Waals surface area contributed by atoms with Crippen LogP contribution in [0.5, 0.6) is 0 Å². The summed E-state index contributed by atoms with van der Waals surface area (Å²) in [6.07, 6.45) is 18.3. The van der Waals surface area contributed by atoms with E-state index in [9.17, 15) is 0 Å². The molecule has 1 nitrogen and oxygen atoms in total. The van der Waals surface area contributed by atoms with E-state index in [4.69, 9.17) is 5.73 Å². The molecule has 2 N–H and O–H groups in total. The van der Waals surface area contributed by atoms with Crippen molar-refractivity contribution >= 4 is 0 Å². The maximum Gasteiger partial charge on any atom is 0.0287 e. The predicted molar refractivity (Wildman–Crippen MR) is 84.3 cm³/mol. The molecule has 0 aromatic heterocycles. The first kappa shape index (κ1) is 13.4. The molecule has 1 unspecified atom stereocenters. The van der Waals surface area contributed by atoms with Gasteiger partial charge in [-0.3, -0.25) is 0 Å². The van der Waals surface area contributed by atoms with Gasteiger partial charge in [-0.2, -0.15) is 0 Å². The number of hydrogen-bond acceptors (Lipinski definition) is 1. The lowest BCUT2D eigenvalue weighted by Crippen LogP contribution is -2.52. The SMILES string of the molecule is NC(C1=CCCCCCC1)C1C2CC3CC(C2)CC1C3. The fourth-order valence-electron chi connectivity index (χ4n) is 6.32. The lowest BCUT2D eigenvalue weighted by atomic mass is 9.50. The van der Waals surface area contributed by atoms with Crippen molar-refractivity contribution in [2.45, 2.75) is 76.7 Å². The second kappa shape index (κ2) is 5.48. The van der Waals surface area contributed by atoms with E-state index in [1.807, 2.05) is 0 Å². The van der Waals surface area contributed by atoms with E-state index in [0.717, 1.165) is 29.6 Å². The quantitative estimate of drug-likeness (QED) is 0.727. The van der Waals surface area contributed by atoms with E-state index in [1.165, 1.54) is 64.2 Å². The molecule has 1 heteroatoms. The zero-order valence-corrected chi connectivity index (χ0v) is 12.9. The Kier molecular flexibility index (Phi) is 3.66. The molecule has 0 aliphatic heterocycles. The average Bonchev–Trinajstić information content (AvgIpc) is 2.36. The second-order valence-electron chi connectivity index (χ2n) is 8.27. The number of nitrogens with two attached hydrogens (primary N) is 1. The van der Waals surface area contributed by atoms with Crippen LogP contribution >= 0.6 is 0 Å². The van der Waals surface area contributed by atoms with Gasteiger partial charge in [0.25, 0.3) is 0 Å². The number of hydrogen-bond donors (Lipinski definition) is 1. The van der Waals surface area contributed by atoms with Crippen LogP contribution in [0.1, 0.15) is 70.6 Å². The van der Waals surface area contributed by atoms with Gasteiger partial charge in [-0.25, -0.2) is 0 Å². The first-order valence-electron chi connectivity index (χ1n) is 9.25. The standard InChI is InChI=1S/C19H31N/c20-19(15-6-4-2-1-3-5-7-15)18-16-9-13-8-14(11-16)12-17(18)10-13/h6,13-14,16-19H,1-5,7-12,20H2. The highest BCUT2D eigenvalue weighted by molar-refractivity contribution is 5.16. The van der Waals surface area contributed by atoms with E-state index in [-0.39, 0.29) is 0 Å². The zero-order valence-electron chi connectivity index (χ0n) is 12.9. The van der Waals surface area contributed by atoms with Gasteiger partial charge in [-0.05, 0) is 87.4 Å². The lowest BCUT2D eigenvalue weighted by Gasteiger charge is -2.56. The first-order valence-corrected chi connectivity index (χ1v) is 9.25. The molecule has 4 fully saturated rings. The molecule has 5 aliphatic carbocycles. The fraction of sp³-hybridized carbons (Fsp3) is 0.895. The smallest absolute Gasteiger partial charge is 0.0287 e. The Morgan fingerprint density at radius 1 is 0.850 bits per heavy atom. The van der Waals surface area contributed by atoms with Crippen molar-refractivity contribution in [3.8, 4) is 0 Å². The largest absolute Gasteiger partial charge is 0.324 e. The molecule has 0 heterocycles. The van der Waals surface area contributed by atoms with Crippen molar-refractivity contribution in [3.05, 3.63) is 11.6 Å². The molecule has 4 bridgehead atoms. The topological polar surface area (TPSA) is 26.0 Å². The molecule has 0 spiro atoms. The highest BCUT2D eigenvalue weighted by atomic mass is 14.7. The lowest BCUT2D eigenvalue weighted by molar-refractivity contribution is -0.0425. The summed E-state index contributed by atoms with van der Waals surface area (Å²) < 4.78 is 0. The van der Waals surface area contributed by atoms with Crippen LogP contribution in [-0.4, -0.2) is 6.04 Å². The van der Waals surface area contributed by atoms with Crippen molar-refractivity contribution in [2.24, 2.45) is 35.3 Å². The molecular weight excluding hydrogens is 242 g/mol. The summed E-state index contributed by atoms with van der Waals surface area (Å²) in [5, 5.41) is 0. The maximum absolute atomic E-state index is 6.83. The molecule has 5 rings (SSSR count). The number of rotatable bonds is 2. The fourth-order valence-corrected chi connectivity index (χ4v) is 6.32. The zero-order chi connectivity index (χ0) is 13.5. The van der Waals surface area contributed by atoms with Gasteiger partial charge in [0.1, 0.15) is 0 Å². The Morgan fingerprint density at radius 3 is 2.20 bits per heavy atom. The summed E-state index contributed by atoms with van der Waals surface area (Å²) in [5.74, 6) is 4.95. The summed E-state index contributed by atoms with van der Waals surface area (Å²) in [4.78, 5) is 0. The van der Waals surface area contributed by atoms with Crippen molar-refractivity contribution in [2.75, 3.05) is 0 Å². The minimum atomic E-state index is 0.406. The van der Waals surface area contributed by atoms with Crippen LogP contribution in [-0.2, 0) is 0 Å². The van der Waals surface area contributed by atoms with Crippen LogP contribution in [0.25, 0.3) is 0 Å². The third kappa shape index (κ3) is 2.36. The van der Waals surface area contributed by atoms with E-state index in [1.54, 1.807) is 12.0 Å². The average molecular weight is 273 g/mol. The van der Waals surface area contributed by atoms with Gasteiger partial charge >= 0.3 is 0 Å². The Balaban J connectivity index is 1.51. The molecular formula is C19H31N. The van der Waals surface area contributed by atoms with Gasteiger partial charge in [-0.15, -0.1) is 0 Å². The van der Waals surface area contributed by atoms with Gasteiger partial charge in [0.05, 0.1) is 0 Å². The summed E-state index contributed by atoms with van der Waals surface area (Å²) >= 11 is 0. The monoisotopic (exact) mass is 273 g/mol. The van der Waals surface area contributed by atoms with Gasteiger partial charge in [0.2, 0.25) is 0 Å². The highest BCUT2D eigenvalue weighted by Gasteiger charge is 2.50. The predicted octanol–water partition coefficient (Wildman–Crippen LogP) is 4.67. The van der Waals surface area contributed by atoms with E-state index < -0.39 is 0 Å². The van der Waals surface area contributed by atoms with Crippen LogP contribution in [0.2, 0.25) is 0 Å². The minimum Gasteiger partial charge on any atom is -0.324 e. The summed E-state index contributed by atoms with van der Waals surface area (Å²) in [6.45, 7) is 0. The van der Waals surface area contributed by atoms with Gasteiger partial charge < -0.3 is 5.73 Å². The Bertz CT molecular complexity index is 355. The molecule has 4 saturated carbocycles. The van der Waals surface area contributed by atoms with Crippen molar-refractivity contribution in [3.63, 3.8) is 0 Å². The van der Waals surface area contributed by atoms with Crippen molar-refractivity contribution < 1.29 is 0 Å². The van der Waals surface area contributed by atoms with Gasteiger partial charge in [0.15, 0.2) is 0 Å². The third-order valence-electron chi connectivity index (χ3n) is 6.97. The van der Waals surface area contributed by atoms with Crippen LogP contribution < -0.4 is 5.73 Å². The van der Waals surface area contributed by atoms with E-state index >= 15 is 0 Å². The van der Waals surface area contributed by atoms with E-state index in [2.05, 4.69) is 6.08 Å². The molecule has 1 atom stereocenters. The molecule has 112 valence electrons. The molecule has 0 aromatic carbocycles. The van der Waals surface area contributed by atoms with Crippen molar-refractivity contribution in [1.82, 2.24) is 0 Å². The summed E-state index contributed by atoms with van der Waals surface area (Å²) in [7, 11) is 0. The Morgan fingerprint density at radius 2 is 1.50 bits per heavy atom. The normalized spacial score (nSPS) is 45.6. The molecule has 0 saturated heterocycles. The molecule has 5 aliphatic rings. The van der Waals surface area contributed by atoms with Crippen LogP contribution in [0.15, 0.2) is 11.6 Å². The summed E-state index contributed by atoms with van der Waals surface area (Å²) in [6, 6.07) is 0.406. The first-order chi connectivity index (χ1) is 9.81. The molecule has 20 heavy (non-hydrogen) atoms. The van der Waals surface area contributed by atoms with Gasteiger partial charge in [-0.1, -0.05) is 24.5 Å². The summed E-state index contributed by atoms with van der Waals surface area (Å²) in [5.41, 5.74) is 8.47. The van der Waals surface area contributed by atoms with Gasteiger partial charge in [0, 0.05) is 6.04 Å². The Labute approximate surface area is 124 Å².